The molecule has 3 amide bonds. The van der Waals surface area contributed by atoms with Gasteiger partial charge in [0, 0.05) is 26.2 Å². The smallest absolute Gasteiger partial charge is 0.351 e. The number of carbonyl (C=O) groups excluding carboxylic acids is 2. The van der Waals surface area contributed by atoms with Gasteiger partial charge in [-0.1, -0.05) is 49.4 Å². The number of nitrogens with one attached hydrogen (secondary N) is 2. The van der Waals surface area contributed by atoms with E-state index in [2.05, 4.69) is 34.7 Å². The summed E-state index contributed by atoms with van der Waals surface area (Å²) < 4.78 is 67.0. The zero-order chi connectivity index (χ0) is 29.1. The van der Waals surface area contributed by atoms with Gasteiger partial charge < -0.3 is 10.2 Å². The number of alkyl halides is 3. The molecule has 0 saturated carbocycles. The molecule has 1 atom stereocenters. The van der Waals surface area contributed by atoms with Gasteiger partial charge in [-0.25, -0.2) is 13.2 Å². The van der Waals surface area contributed by atoms with Gasteiger partial charge in [-0.05, 0) is 41.3 Å². The van der Waals surface area contributed by atoms with Crippen LogP contribution in [0, 0.1) is 0 Å². The van der Waals surface area contributed by atoms with Gasteiger partial charge in [-0.2, -0.15) is 17.5 Å². The lowest BCUT2D eigenvalue weighted by Gasteiger charge is -2.39. The van der Waals surface area contributed by atoms with E-state index in [-0.39, 0.29) is 31.3 Å². The predicted molar refractivity (Wildman–Crippen MR) is 142 cm³/mol. The zero-order valence-corrected chi connectivity index (χ0v) is 23.2. The van der Waals surface area contributed by atoms with Crippen molar-refractivity contribution in [2.75, 3.05) is 25.0 Å². The summed E-state index contributed by atoms with van der Waals surface area (Å²) in [6, 6.07) is 8.73. The summed E-state index contributed by atoms with van der Waals surface area (Å²) in [6.07, 6.45) is -4.63. The van der Waals surface area contributed by atoms with Gasteiger partial charge in [0.25, 0.3) is 0 Å². The van der Waals surface area contributed by atoms with Crippen molar-refractivity contribution >= 4 is 38.4 Å². The fourth-order valence-corrected chi connectivity index (χ4v) is 6.13. The molecule has 0 radical (unpaired) electrons. The van der Waals surface area contributed by atoms with Crippen LogP contribution < -0.4 is 10.6 Å². The maximum Gasteiger partial charge on any atom is 0.416 e. The van der Waals surface area contributed by atoms with Crippen molar-refractivity contribution in [2.24, 2.45) is 0 Å². The van der Waals surface area contributed by atoms with E-state index in [1.807, 2.05) is 24.3 Å². The number of carbonyl (C=O) groups is 2. The number of halogens is 3. The van der Waals surface area contributed by atoms with Crippen molar-refractivity contribution in [3.63, 3.8) is 0 Å². The van der Waals surface area contributed by atoms with Gasteiger partial charge in [0.2, 0.25) is 21.1 Å². The third-order valence-electron chi connectivity index (χ3n) is 6.40. The van der Waals surface area contributed by atoms with Crippen LogP contribution in [0.5, 0.6) is 0 Å². The third-order valence-corrected chi connectivity index (χ3v) is 8.93. The molecule has 4 rings (SSSR count). The number of aromatic nitrogens is 2. The number of hydrogen-bond acceptors (Lipinski definition) is 7. The molecule has 0 bridgehead atoms. The molecule has 15 heteroatoms. The summed E-state index contributed by atoms with van der Waals surface area (Å²) in [7, 11) is -4.39. The summed E-state index contributed by atoms with van der Waals surface area (Å²) in [4.78, 5) is 27.1. The number of benzene rings is 2. The highest BCUT2D eigenvalue weighted by atomic mass is 32.2. The summed E-state index contributed by atoms with van der Waals surface area (Å²) in [5.41, 5.74) is 2.33. The summed E-state index contributed by atoms with van der Waals surface area (Å²) in [5, 5.41) is 12.9. The van der Waals surface area contributed by atoms with E-state index >= 15 is 0 Å². The SMILES string of the molecule is CC(C)c1ccc(CNC(=O)[C@H]2CN(C(=O)Nc3nncs3)CCN2S(=O)(=O)c2ccc(C(F)(F)F)cc2)cc1. The van der Waals surface area contributed by atoms with E-state index in [1.165, 1.54) is 10.4 Å². The molecule has 2 N–H and O–H groups in total. The number of amides is 3. The molecule has 1 aliphatic heterocycles. The summed E-state index contributed by atoms with van der Waals surface area (Å²) >= 11 is 1.09. The first-order valence-electron chi connectivity index (χ1n) is 12.2. The second-order valence-electron chi connectivity index (χ2n) is 9.39. The minimum Gasteiger partial charge on any atom is -0.351 e. The van der Waals surface area contributed by atoms with Crippen molar-refractivity contribution in [2.45, 2.75) is 43.4 Å². The highest BCUT2D eigenvalue weighted by Crippen LogP contribution is 2.31. The average molecular weight is 597 g/mol. The van der Waals surface area contributed by atoms with E-state index in [4.69, 9.17) is 0 Å². The number of anilines is 1. The fraction of sp³-hybridized carbons (Fsp3) is 0.360. The van der Waals surface area contributed by atoms with Gasteiger partial charge in [-0.3, -0.25) is 10.1 Å². The van der Waals surface area contributed by atoms with Crippen LogP contribution >= 0.6 is 11.3 Å². The largest absolute Gasteiger partial charge is 0.416 e. The topological polar surface area (TPSA) is 125 Å². The number of hydrogen-bond donors (Lipinski definition) is 2. The van der Waals surface area contributed by atoms with Crippen LogP contribution in [-0.4, -0.2) is 65.4 Å². The number of urea groups is 1. The van der Waals surface area contributed by atoms with Crippen LogP contribution in [0.3, 0.4) is 0 Å². The number of nitrogens with zero attached hydrogens (tertiary/aromatic N) is 4. The molecule has 1 aromatic heterocycles. The maximum absolute atomic E-state index is 13.5. The zero-order valence-electron chi connectivity index (χ0n) is 21.6. The monoisotopic (exact) mass is 596 g/mol. The Kier molecular flexibility index (Phi) is 8.75. The quantitative estimate of drug-likeness (QED) is 0.426. The first-order valence-corrected chi connectivity index (χ1v) is 14.6. The Hall–Kier alpha value is -3.56. The number of rotatable bonds is 7. The second kappa shape index (κ2) is 11.9. The van der Waals surface area contributed by atoms with Gasteiger partial charge in [0.1, 0.15) is 11.6 Å². The Labute approximate surface area is 233 Å². The molecule has 1 saturated heterocycles. The van der Waals surface area contributed by atoms with Crippen LogP contribution in [0.15, 0.2) is 58.9 Å². The fourth-order valence-electron chi connectivity index (χ4n) is 4.13. The molecule has 1 fully saturated rings. The Morgan fingerprint density at radius 1 is 1.07 bits per heavy atom. The van der Waals surface area contributed by atoms with E-state index in [0.717, 1.165) is 38.9 Å². The lowest BCUT2D eigenvalue weighted by molar-refractivity contribution is -0.137. The maximum atomic E-state index is 13.5. The van der Waals surface area contributed by atoms with Crippen molar-refractivity contribution in [1.82, 2.24) is 24.7 Å². The van der Waals surface area contributed by atoms with Crippen molar-refractivity contribution in [1.29, 1.82) is 0 Å². The molecule has 0 aliphatic carbocycles. The van der Waals surface area contributed by atoms with Crippen molar-refractivity contribution in [3.8, 4) is 0 Å². The molecule has 40 heavy (non-hydrogen) atoms. The Bertz CT molecular complexity index is 1430. The minimum absolute atomic E-state index is 0.0645. The Morgan fingerprint density at radius 3 is 2.33 bits per heavy atom. The molecule has 0 spiro atoms. The average Bonchev–Trinajstić information content (AvgIpc) is 3.44. The van der Waals surface area contributed by atoms with E-state index in [1.54, 1.807) is 0 Å². The molecular weight excluding hydrogens is 569 g/mol. The molecule has 2 heterocycles. The van der Waals surface area contributed by atoms with Crippen LogP contribution in [0.2, 0.25) is 0 Å². The van der Waals surface area contributed by atoms with E-state index in [0.29, 0.717) is 18.1 Å². The molecule has 3 aromatic rings. The second-order valence-corrected chi connectivity index (χ2v) is 12.1. The minimum atomic E-state index is -4.63. The highest BCUT2D eigenvalue weighted by molar-refractivity contribution is 7.89. The van der Waals surface area contributed by atoms with Gasteiger partial charge in [0.15, 0.2) is 0 Å². The summed E-state index contributed by atoms with van der Waals surface area (Å²) in [5.74, 6) is -0.330. The first-order chi connectivity index (χ1) is 18.9. The van der Waals surface area contributed by atoms with E-state index < -0.39 is 44.6 Å². The molecular formula is C25H27F3N6O4S2. The van der Waals surface area contributed by atoms with Gasteiger partial charge in [-0.15, -0.1) is 10.2 Å². The molecule has 214 valence electrons. The van der Waals surface area contributed by atoms with Gasteiger partial charge in [0.05, 0.1) is 10.5 Å². The van der Waals surface area contributed by atoms with Crippen LogP contribution in [-0.2, 0) is 27.5 Å². The van der Waals surface area contributed by atoms with Crippen molar-refractivity contribution in [3.05, 3.63) is 70.7 Å². The molecule has 2 aromatic carbocycles. The van der Waals surface area contributed by atoms with Crippen LogP contribution in [0.1, 0.15) is 36.5 Å². The standard InChI is InChI=1S/C25H27F3N6O4S2/c1-16(2)18-5-3-17(4-6-18)13-29-22(35)21-14-33(24(36)31-23-32-30-15-39-23)11-12-34(21)40(37,38)20-9-7-19(8-10-20)25(26,27)28/h3-10,15-16,21H,11-14H2,1-2H3,(H,29,35)(H,31,32,36)/t21-/m1/s1. The van der Waals surface area contributed by atoms with Gasteiger partial charge >= 0.3 is 12.2 Å². The molecule has 10 nitrogen and oxygen atoms in total. The first kappa shape index (κ1) is 29.4. The number of piperazine rings is 1. The normalized spacial score (nSPS) is 16.6. The molecule has 0 unspecified atom stereocenters. The van der Waals surface area contributed by atoms with Crippen LogP contribution in [0.25, 0.3) is 0 Å². The lowest BCUT2D eigenvalue weighted by Crippen LogP contribution is -2.61. The third kappa shape index (κ3) is 6.77. The van der Waals surface area contributed by atoms with E-state index in [9.17, 15) is 31.2 Å². The summed E-state index contributed by atoms with van der Waals surface area (Å²) in [6.45, 7) is 3.61. The highest BCUT2D eigenvalue weighted by Gasteiger charge is 2.42. The lowest BCUT2D eigenvalue weighted by atomic mass is 10.0. The Balaban J connectivity index is 1.56. The predicted octanol–water partition coefficient (Wildman–Crippen LogP) is 3.90. The van der Waals surface area contributed by atoms with Crippen molar-refractivity contribution < 1.29 is 31.2 Å². The van der Waals surface area contributed by atoms with Crippen LogP contribution in [0.4, 0.5) is 23.1 Å². The Morgan fingerprint density at radius 2 is 1.75 bits per heavy atom. The molecule has 1 aliphatic rings. The number of sulfonamides is 1.